The lowest BCUT2D eigenvalue weighted by molar-refractivity contribution is 0.0989. The van der Waals surface area contributed by atoms with Gasteiger partial charge in [-0.1, -0.05) is 66.7 Å². The Morgan fingerprint density at radius 2 is 1.25 bits per heavy atom. The van der Waals surface area contributed by atoms with E-state index >= 15 is 0 Å². The fourth-order valence-corrected chi connectivity index (χ4v) is 2.24. The molecule has 0 N–H and O–H groups in total. The van der Waals surface area contributed by atoms with E-state index in [1.165, 1.54) is 0 Å². The van der Waals surface area contributed by atoms with Crippen molar-refractivity contribution in [1.82, 2.24) is 0 Å². The Hall–Kier alpha value is -2.74. The van der Waals surface area contributed by atoms with Gasteiger partial charge in [-0.15, -0.1) is 0 Å². The summed E-state index contributed by atoms with van der Waals surface area (Å²) in [7, 11) is 0. The van der Waals surface area contributed by atoms with E-state index in [1.807, 2.05) is 36.4 Å². The van der Waals surface area contributed by atoms with Gasteiger partial charge < -0.3 is 0 Å². The Balaban J connectivity index is 1.90. The summed E-state index contributed by atoms with van der Waals surface area (Å²) in [5.41, 5.74) is 2.26. The van der Waals surface area contributed by atoms with Crippen LogP contribution in [0.3, 0.4) is 0 Å². The van der Waals surface area contributed by atoms with Crippen LogP contribution in [-0.4, -0.2) is 11.6 Å². The van der Waals surface area contributed by atoms with E-state index in [0.717, 1.165) is 5.56 Å². The number of fused-ring (bicyclic) bond motifs is 1. The van der Waals surface area contributed by atoms with Gasteiger partial charge in [0.1, 0.15) is 0 Å². The number of ketones is 2. The highest BCUT2D eigenvalue weighted by Crippen LogP contribution is 2.26. The molecule has 0 aliphatic heterocycles. The third-order valence-corrected chi connectivity index (χ3v) is 3.26. The molecule has 0 saturated heterocycles. The summed E-state index contributed by atoms with van der Waals surface area (Å²) in [6, 6.07) is 16.7. The zero-order valence-corrected chi connectivity index (χ0v) is 10.7. The normalized spacial score (nSPS) is 13.9. The van der Waals surface area contributed by atoms with Gasteiger partial charge in [0, 0.05) is 11.1 Å². The summed E-state index contributed by atoms with van der Waals surface area (Å²) in [4.78, 5) is 24.3. The quantitative estimate of drug-likeness (QED) is 0.609. The van der Waals surface area contributed by atoms with Crippen LogP contribution in [0.4, 0.5) is 0 Å². The van der Waals surface area contributed by atoms with Gasteiger partial charge in [0.25, 0.3) is 0 Å². The third kappa shape index (κ3) is 2.12. The maximum absolute atomic E-state index is 12.1. The molecule has 1 aliphatic rings. The third-order valence-electron chi connectivity index (χ3n) is 3.26. The summed E-state index contributed by atoms with van der Waals surface area (Å²) in [5.74, 6) is -0.383. The number of hydrogen-bond acceptors (Lipinski definition) is 2. The zero-order chi connectivity index (χ0) is 13.9. The van der Waals surface area contributed by atoms with E-state index in [2.05, 4.69) is 0 Å². The highest BCUT2D eigenvalue weighted by atomic mass is 16.2. The predicted octanol–water partition coefficient (Wildman–Crippen LogP) is 3.71. The van der Waals surface area contributed by atoms with Gasteiger partial charge >= 0.3 is 0 Å². The van der Waals surface area contributed by atoms with Crippen LogP contribution in [0.2, 0.25) is 0 Å². The molecule has 0 saturated carbocycles. The summed E-state index contributed by atoms with van der Waals surface area (Å²) < 4.78 is 0. The van der Waals surface area contributed by atoms with E-state index in [-0.39, 0.29) is 17.1 Å². The molecule has 0 radical (unpaired) electrons. The molecule has 0 fully saturated rings. The minimum Gasteiger partial charge on any atom is -0.288 e. The monoisotopic (exact) mass is 260 g/mol. The van der Waals surface area contributed by atoms with Gasteiger partial charge in [-0.2, -0.15) is 0 Å². The number of rotatable bonds is 2. The second-order valence-corrected chi connectivity index (χ2v) is 4.55. The summed E-state index contributed by atoms with van der Waals surface area (Å²) >= 11 is 0. The zero-order valence-electron chi connectivity index (χ0n) is 10.7. The molecule has 0 heterocycles. The maximum Gasteiger partial charge on any atom is 0.197 e. The molecule has 0 aromatic heterocycles. The molecule has 2 aromatic rings. The van der Waals surface area contributed by atoms with Crippen molar-refractivity contribution < 1.29 is 9.59 Å². The van der Waals surface area contributed by atoms with Crippen LogP contribution in [0, 0.1) is 0 Å². The summed E-state index contributed by atoms with van der Waals surface area (Å²) in [6.45, 7) is 0. The van der Waals surface area contributed by atoms with E-state index < -0.39 is 0 Å². The largest absolute Gasteiger partial charge is 0.288 e. The van der Waals surface area contributed by atoms with Crippen molar-refractivity contribution in [1.29, 1.82) is 0 Å². The fraction of sp³-hybridized carbons (Fsp3) is 0. The van der Waals surface area contributed by atoms with Gasteiger partial charge in [-0.25, -0.2) is 0 Å². The van der Waals surface area contributed by atoms with E-state index in [4.69, 9.17) is 0 Å². The standard InChI is InChI=1S/C18H12O2/c19-17-14-10-4-5-11-15(14)18(20)16(17)12-6-9-13-7-2-1-3-8-13/h1-12H. The van der Waals surface area contributed by atoms with Crippen LogP contribution in [-0.2, 0) is 0 Å². The Morgan fingerprint density at radius 1 is 0.700 bits per heavy atom. The first-order valence-corrected chi connectivity index (χ1v) is 6.39. The van der Waals surface area contributed by atoms with Crippen molar-refractivity contribution in [3.63, 3.8) is 0 Å². The van der Waals surface area contributed by atoms with Gasteiger partial charge in [-0.05, 0) is 11.6 Å². The molecule has 0 unspecified atom stereocenters. The Bertz CT molecular complexity index is 700. The molecule has 20 heavy (non-hydrogen) atoms. The van der Waals surface area contributed by atoms with Gasteiger partial charge in [0.2, 0.25) is 0 Å². The Morgan fingerprint density at radius 3 is 1.85 bits per heavy atom. The van der Waals surface area contributed by atoms with Crippen LogP contribution >= 0.6 is 0 Å². The van der Waals surface area contributed by atoms with E-state index in [1.54, 1.807) is 36.4 Å². The van der Waals surface area contributed by atoms with Crippen LogP contribution < -0.4 is 0 Å². The van der Waals surface area contributed by atoms with Crippen LogP contribution in [0.15, 0.2) is 72.3 Å². The van der Waals surface area contributed by atoms with Crippen LogP contribution in [0.25, 0.3) is 6.08 Å². The molecule has 3 rings (SSSR count). The number of benzene rings is 2. The Kier molecular flexibility index (Phi) is 3.13. The smallest absolute Gasteiger partial charge is 0.197 e. The average molecular weight is 260 g/mol. The Labute approximate surface area is 117 Å². The van der Waals surface area contributed by atoms with Crippen molar-refractivity contribution in [2.75, 3.05) is 0 Å². The van der Waals surface area contributed by atoms with Crippen LogP contribution in [0.5, 0.6) is 0 Å². The second kappa shape index (κ2) is 5.10. The molecule has 1 aliphatic carbocycles. The molecule has 0 atom stereocenters. The van der Waals surface area contributed by atoms with Crippen molar-refractivity contribution >= 4 is 17.6 Å². The highest BCUT2D eigenvalue weighted by Gasteiger charge is 2.31. The van der Waals surface area contributed by atoms with Gasteiger partial charge in [0.05, 0.1) is 5.57 Å². The first-order valence-electron chi connectivity index (χ1n) is 6.39. The summed E-state index contributed by atoms with van der Waals surface area (Å²) in [5, 5.41) is 0. The number of carbonyl (C=O) groups is 2. The molecule has 0 amide bonds. The SMILES string of the molecule is O=C1C(=CC=Cc2ccccc2)C(=O)c2ccccc21. The number of allylic oxidation sites excluding steroid dienone is 3. The second-order valence-electron chi connectivity index (χ2n) is 4.55. The molecule has 2 aromatic carbocycles. The number of Topliss-reactive ketones (excluding diaryl/α,β-unsaturated/α-hetero) is 2. The molecular formula is C18H12O2. The first kappa shape index (κ1) is 12.3. The highest BCUT2D eigenvalue weighted by molar-refractivity contribution is 6.39. The van der Waals surface area contributed by atoms with Crippen LogP contribution in [0.1, 0.15) is 26.3 Å². The topological polar surface area (TPSA) is 34.1 Å². The van der Waals surface area contributed by atoms with Crippen molar-refractivity contribution in [3.05, 3.63) is 89.0 Å². The van der Waals surface area contributed by atoms with Crippen molar-refractivity contribution in [2.45, 2.75) is 0 Å². The average Bonchev–Trinajstić information content (AvgIpc) is 2.74. The fourth-order valence-electron chi connectivity index (χ4n) is 2.24. The van der Waals surface area contributed by atoms with E-state index in [0.29, 0.717) is 11.1 Å². The molecule has 0 spiro atoms. The van der Waals surface area contributed by atoms with E-state index in [9.17, 15) is 9.59 Å². The van der Waals surface area contributed by atoms with Gasteiger partial charge in [0.15, 0.2) is 11.6 Å². The predicted molar refractivity (Wildman–Crippen MR) is 78.7 cm³/mol. The lowest BCUT2D eigenvalue weighted by Gasteiger charge is -1.91. The van der Waals surface area contributed by atoms with Gasteiger partial charge in [-0.3, -0.25) is 9.59 Å². The molecule has 2 heteroatoms. The van der Waals surface area contributed by atoms with Crippen molar-refractivity contribution in [3.8, 4) is 0 Å². The number of carbonyl (C=O) groups excluding carboxylic acids is 2. The maximum atomic E-state index is 12.1. The minimum atomic E-state index is -0.191. The molecule has 2 nitrogen and oxygen atoms in total. The van der Waals surface area contributed by atoms with Crippen molar-refractivity contribution in [2.24, 2.45) is 0 Å². The lowest BCUT2D eigenvalue weighted by atomic mass is 10.1. The lowest BCUT2D eigenvalue weighted by Crippen LogP contribution is -1.99. The summed E-state index contributed by atoms with van der Waals surface area (Å²) in [6.07, 6.45) is 5.21. The first-order chi connectivity index (χ1) is 9.77. The molecular weight excluding hydrogens is 248 g/mol. The molecule has 0 bridgehead atoms. The number of hydrogen-bond donors (Lipinski definition) is 0. The molecule has 96 valence electrons. The minimum absolute atomic E-state index is 0.191.